The number of carbonyl (C=O) groups is 2. The summed E-state index contributed by atoms with van der Waals surface area (Å²) in [6, 6.07) is 5.34. The van der Waals surface area contributed by atoms with Gasteiger partial charge in [0.1, 0.15) is 6.33 Å². The second-order valence-electron chi connectivity index (χ2n) is 4.19. The molecule has 0 spiro atoms. The van der Waals surface area contributed by atoms with Crippen LogP contribution < -0.4 is 5.32 Å². The molecule has 21 heavy (non-hydrogen) atoms. The number of aromatic nitrogens is 4. The number of rotatable bonds is 6. The quantitative estimate of drug-likeness (QED) is 0.809. The molecule has 2 N–H and O–H groups in total. The minimum Gasteiger partial charge on any atom is -0.481 e. The van der Waals surface area contributed by atoms with Gasteiger partial charge in [-0.15, -0.1) is 16.9 Å². The van der Waals surface area contributed by atoms with E-state index in [1.807, 2.05) is 6.92 Å². The Morgan fingerprint density at radius 2 is 2.19 bits per heavy atom. The van der Waals surface area contributed by atoms with Crippen LogP contribution in [0.25, 0.3) is 5.69 Å². The van der Waals surface area contributed by atoms with E-state index in [9.17, 15) is 9.59 Å². The maximum Gasteiger partial charge on any atom is 0.313 e. The number of carbonyl (C=O) groups excluding carboxylic acids is 1. The molecule has 1 heterocycles. The molecular formula is C12H13N5O3S. The maximum atomic E-state index is 11.7. The number of benzene rings is 1. The van der Waals surface area contributed by atoms with Gasteiger partial charge in [-0.25, -0.2) is 4.68 Å². The molecule has 0 aliphatic heterocycles. The molecule has 2 rings (SSSR count). The zero-order valence-corrected chi connectivity index (χ0v) is 12.0. The van der Waals surface area contributed by atoms with Crippen molar-refractivity contribution in [3.63, 3.8) is 0 Å². The first-order valence-corrected chi connectivity index (χ1v) is 7.15. The summed E-state index contributed by atoms with van der Waals surface area (Å²) >= 11 is 1.05. The van der Waals surface area contributed by atoms with Crippen molar-refractivity contribution in [2.45, 2.75) is 6.92 Å². The Kier molecular flexibility index (Phi) is 4.88. The van der Waals surface area contributed by atoms with Gasteiger partial charge < -0.3 is 10.4 Å². The van der Waals surface area contributed by atoms with Crippen LogP contribution in [-0.2, 0) is 9.59 Å². The van der Waals surface area contributed by atoms with Crippen molar-refractivity contribution < 1.29 is 14.7 Å². The van der Waals surface area contributed by atoms with E-state index < -0.39 is 5.97 Å². The lowest BCUT2D eigenvalue weighted by atomic mass is 10.2. The molecule has 110 valence electrons. The Morgan fingerprint density at radius 1 is 1.38 bits per heavy atom. The SMILES string of the molecule is Cc1cc(NC(=O)CSCC(=O)O)ccc1-n1cnnn1. The molecule has 9 heteroatoms. The summed E-state index contributed by atoms with van der Waals surface area (Å²) in [7, 11) is 0. The maximum absolute atomic E-state index is 11.7. The van der Waals surface area contributed by atoms with Crippen molar-refractivity contribution in [3.8, 4) is 5.69 Å². The largest absolute Gasteiger partial charge is 0.481 e. The Labute approximate surface area is 124 Å². The van der Waals surface area contributed by atoms with Gasteiger partial charge in [0.05, 0.1) is 17.2 Å². The van der Waals surface area contributed by atoms with E-state index in [0.29, 0.717) is 5.69 Å². The molecule has 0 radical (unpaired) electrons. The number of tetrazole rings is 1. The van der Waals surface area contributed by atoms with Crippen LogP contribution in [0.1, 0.15) is 5.56 Å². The molecule has 0 aliphatic carbocycles. The molecule has 0 unspecified atom stereocenters. The lowest BCUT2D eigenvalue weighted by Gasteiger charge is -2.09. The van der Waals surface area contributed by atoms with Crippen molar-refractivity contribution in [2.24, 2.45) is 0 Å². The number of aryl methyl sites for hydroxylation is 1. The highest BCUT2D eigenvalue weighted by atomic mass is 32.2. The lowest BCUT2D eigenvalue weighted by Crippen LogP contribution is -2.15. The van der Waals surface area contributed by atoms with Gasteiger partial charge in [0.25, 0.3) is 0 Å². The Morgan fingerprint density at radius 3 is 2.81 bits per heavy atom. The van der Waals surface area contributed by atoms with E-state index >= 15 is 0 Å². The number of carboxylic acids is 1. The first-order chi connectivity index (χ1) is 10.1. The molecule has 8 nitrogen and oxygen atoms in total. The molecule has 1 aromatic heterocycles. The predicted molar refractivity (Wildman–Crippen MR) is 77.5 cm³/mol. The average Bonchev–Trinajstić information content (AvgIpc) is 2.92. The van der Waals surface area contributed by atoms with E-state index in [1.54, 1.807) is 18.2 Å². The van der Waals surface area contributed by atoms with E-state index in [0.717, 1.165) is 23.0 Å². The first-order valence-electron chi connectivity index (χ1n) is 5.99. The molecule has 1 amide bonds. The van der Waals surface area contributed by atoms with Gasteiger partial charge >= 0.3 is 5.97 Å². The molecular weight excluding hydrogens is 294 g/mol. The van der Waals surface area contributed by atoms with Crippen LogP contribution in [0.4, 0.5) is 5.69 Å². The fourth-order valence-electron chi connectivity index (χ4n) is 1.69. The Hall–Kier alpha value is -2.42. The molecule has 0 fully saturated rings. The molecule has 2 aromatic rings. The molecule has 0 atom stereocenters. The number of carboxylic acid groups (broad SMARTS) is 1. The summed E-state index contributed by atoms with van der Waals surface area (Å²) in [5.41, 5.74) is 2.36. The normalized spacial score (nSPS) is 10.3. The summed E-state index contributed by atoms with van der Waals surface area (Å²) in [6.07, 6.45) is 1.49. The monoisotopic (exact) mass is 307 g/mol. The van der Waals surface area contributed by atoms with Crippen LogP contribution >= 0.6 is 11.8 Å². The van der Waals surface area contributed by atoms with Crippen molar-refractivity contribution in [2.75, 3.05) is 16.8 Å². The van der Waals surface area contributed by atoms with Crippen molar-refractivity contribution in [3.05, 3.63) is 30.1 Å². The molecule has 0 saturated carbocycles. The van der Waals surface area contributed by atoms with Gasteiger partial charge in [-0.05, 0) is 41.1 Å². The van der Waals surface area contributed by atoms with Gasteiger partial charge in [-0.2, -0.15) is 0 Å². The highest BCUT2D eigenvalue weighted by Crippen LogP contribution is 2.18. The number of thioether (sulfide) groups is 1. The number of aliphatic carboxylic acids is 1. The van der Waals surface area contributed by atoms with Gasteiger partial charge in [0, 0.05) is 5.69 Å². The Bertz CT molecular complexity index is 644. The number of anilines is 1. The van der Waals surface area contributed by atoms with E-state index in [2.05, 4.69) is 20.8 Å². The van der Waals surface area contributed by atoms with Crippen LogP contribution in [0.2, 0.25) is 0 Å². The number of nitrogens with one attached hydrogen (secondary N) is 1. The molecule has 0 aliphatic rings. The van der Waals surface area contributed by atoms with Gasteiger partial charge in [0.15, 0.2) is 0 Å². The average molecular weight is 307 g/mol. The zero-order valence-electron chi connectivity index (χ0n) is 11.2. The van der Waals surface area contributed by atoms with Crippen LogP contribution in [0.3, 0.4) is 0 Å². The van der Waals surface area contributed by atoms with E-state index in [4.69, 9.17) is 5.11 Å². The van der Waals surface area contributed by atoms with Crippen LogP contribution in [0.15, 0.2) is 24.5 Å². The van der Waals surface area contributed by atoms with Crippen LogP contribution in [0.5, 0.6) is 0 Å². The number of hydrogen-bond donors (Lipinski definition) is 2. The summed E-state index contributed by atoms with van der Waals surface area (Å²) in [5, 5.41) is 22.2. The fourth-order valence-corrected chi connectivity index (χ4v) is 2.22. The number of amides is 1. The smallest absolute Gasteiger partial charge is 0.313 e. The van der Waals surface area contributed by atoms with Crippen molar-refractivity contribution >= 4 is 29.3 Å². The van der Waals surface area contributed by atoms with Crippen LogP contribution in [-0.4, -0.2) is 48.7 Å². The van der Waals surface area contributed by atoms with Crippen LogP contribution in [0, 0.1) is 6.92 Å². The summed E-state index contributed by atoms with van der Waals surface area (Å²) in [6.45, 7) is 1.88. The molecule has 0 bridgehead atoms. The zero-order chi connectivity index (χ0) is 15.2. The van der Waals surface area contributed by atoms with Gasteiger partial charge in [-0.1, -0.05) is 0 Å². The van der Waals surface area contributed by atoms with E-state index in [-0.39, 0.29) is 17.4 Å². The Balaban J connectivity index is 1.97. The highest BCUT2D eigenvalue weighted by Gasteiger charge is 2.07. The topological polar surface area (TPSA) is 110 Å². The third-order valence-corrected chi connectivity index (χ3v) is 3.45. The summed E-state index contributed by atoms with van der Waals surface area (Å²) < 4.78 is 1.53. The van der Waals surface area contributed by atoms with Crippen molar-refractivity contribution in [1.82, 2.24) is 20.2 Å². The standard InChI is InChI=1S/C12H13N5O3S/c1-8-4-9(14-11(18)5-21-6-12(19)20)2-3-10(8)17-7-13-15-16-17/h2-4,7H,5-6H2,1H3,(H,14,18)(H,19,20). The third-order valence-electron chi connectivity index (χ3n) is 2.54. The summed E-state index contributed by atoms with van der Waals surface area (Å²) in [5.74, 6) is -1.17. The number of hydrogen-bond acceptors (Lipinski definition) is 6. The van der Waals surface area contributed by atoms with Crippen molar-refractivity contribution in [1.29, 1.82) is 0 Å². The first kappa shape index (κ1) is 15.0. The van der Waals surface area contributed by atoms with Gasteiger partial charge in [0.2, 0.25) is 5.91 Å². The minimum absolute atomic E-state index is 0.0926. The molecule has 0 saturated heterocycles. The number of nitrogens with zero attached hydrogens (tertiary/aromatic N) is 4. The fraction of sp³-hybridized carbons (Fsp3) is 0.250. The second-order valence-corrected chi connectivity index (χ2v) is 5.18. The molecule has 1 aromatic carbocycles. The lowest BCUT2D eigenvalue weighted by molar-refractivity contribution is -0.133. The minimum atomic E-state index is -0.936. The van der Waals surface area contributed by atoms with E-state index in [1.165, 1.54) is 11.0 Å². The second kappa shape index (κ2) is 6.84. The van der Waals surface area contributed by atoms with Gasteiger partial charge in [-0.3, -0.25) is 9.59 Å². The third kappa shape index (κ3) is 4.28. The predicted octanol–water partition coefficient (Wildman–Crippen LogP) is 0.727. The highest BCUT2D eigenvalue weighted by molar-refractivity contribution is 8.00. The summed E-state index contributed by atoms with van der Waals surface area (Å²) in [4.78, 5) is 22.0.